The van der Waals surface area contributed by atoms with Crippen LogP contribution < -0.4 is 10.6 Å². The number of hydrogen-bond donors (Lipinski definition) is 2. The Balaban J connectivity index is 2.19. The van der Waals surface area contributed by atoms with E-state index in [0.29, 0.717) is 0 Å². The summed E-state index contributed by atoms with van der Waals surface area (Å²) in [5.41, 5.74) is 0. The minimum Gasteiger partial charge on any atom is -0.373 e. The zero-order chi connectivity index (χ0) is 13.9. The van der Waals surface area contributed by atoms with Gasteiger partial charge in [-0.25, -0.2) is 9.97 Å². The Morgan fingerprint density at radius 1 is 1.21 bits per heavy atom. The van der Waals surface area contributed by atoms with E-state index in [4.69, 9.17) is 0 Å². The number of nitrogens with zero attached hydrogens (tertiary/aromatic N) is 2. The van der Waals surface area contributed by atoms with Crippen molar-refractivity contribution < 1.29 is 13.2 Å². The van der Waals surface area contributed by atoms with Gasteiger partial charge in [0.15, 0.2) is 0 Å². The Morgan fingerprint density at radius 3 is 2.42 bits per heavy atom. The van der Waals surface area contributed by atoms with Gasteiger partial charge in [0.2, 0.25) is 5.82 Å². The standard InChI is InChI=1S/C11H15F3N4S/c1-15-8-6-9(16-7-2-4-19-5-3-7)18-10(17-8)11(12,13)14/h6-7H,2-5H2,1H3,(H2,15,16,17,18). The van der Waals surface area contributed by atoms with Crippen LogP contribution in [0.5, 0.6) is 0 Å². The number of aromatic nitrogens is 2. The number of halogens is 3. The first kappa shape index (κ1) is 14.2. The number of nitrogens with one attached hydrogen (secondary N) is 2. The van der Waals surface area contributed by atoms with E-state index in [1.165, 1.54) is 13.1 Å². The summed E-state index contributed by atoms with van der Waals surface area (Å²) in [4.78, 5) is 6.98. The predicted octanol–water partition coefficient (Wildman–Crippen LogP) is 2.84. The molecular formula is C11H15F3N4S. The first-order valence-electron chi connectivity index (χ1n) is 5.97. The van der Waals surface area contributed by atoms with Crippen molar-refractivity contribution in [3.05, 3.63) is 11.9 Å². The highest BCUT2D eigenvalue weighted by Gasteiger charge is 2.35. The molecule has 0 radical (unpaired) electrons. The van der Waals surface area contributed by atoms with Gasteiger partial charge in [0.1, 0.15) is 11.6 Å². The first-order valence-corrected chi connectivity index (χ1v) is 7.13. The second-order valence-electron chi connectivity index (χ2n) is 4.24. The number of anilines is 2. The van der Waals surface area contributed by atoms with Crippen molar-refractivity contribution in [3.63, 3.8) is 0 Å². The van der Waals surface area contributed by atoms with Gasteiger partial charge in [0.25, 0.3) is 0 Å². The van der Waals surface area contributed by atoms with E-state index in [1.54, 1.807) is 0 Å². The summed E-state index contributed by atoms with van der Waals surface area (Å²) < 4.78 is 38.0. The molecule has 0 amide bonds. The summed E-state index contributed by atoms with van der Waals surface area (Å²) in [5.74, 6) is 1.31. The second-order valence-corrected chi connectivity index (χ2v) is 5.47. The Labute approximate surface area is 113 Å². The highest BCUT2D eigenvalue weighted by Crippen LogP contribution is 2.29. The summed E-state index contributed by atoms with van der Waals surface area (Å²) in [5, 5.41) is 5.69. The molecule has 1 aliphatic heterocycles. The lowest BCUT2D eigenvalue weighted by Gasteiger charge is -2.23. The van der Waals surface area contributed by atoms with Gasteiger partial charge in [-0.05, 0) is 24.3 Å². The Bertz CT molecular complexity index is 432. The van der Waals surface area contributed by atoms with Crippen molar-refractivity contribution in [1.82, 2.24) is 9.97 Å². The maximum absolute atomic E-state index is 12.7. The molecule has 1 aromatic rings. The fourth-order valence-corrected chi connectivity index (χ4v) is 2.93. The molecule has 19 heavy (non-hydrogen) atoms. The number of rotatable bonds is 3. The third-order valence-corrected chi connectivity index (χ3v) is 3.86. The molecule has 0 saturated carbocycles. The van der Waals surface area contributed by atoms with Gasteiger partial charge in [-0.15, -0.1) is 0 Å². The molecule has 0 unspecified atom stereocenters. The molecule has 1 fully saturated rings. The topological polar surface area (TPSA) is 49.8 Å². The molecule has 2 N–H and O–H groups in total. The monoisotopic (exact) mass is 292 g/mol. The lowest BCUT2D eigenvalue weighted by Crippen LogP contribution is -2.26. The molecular weight excluding hydrogens is 277 g/mol. The maximum Gasteiger partial charge on any atom is 0.451 e. The van der Waals surface area contributed by atoms with Crippen LogP contribution >= 0.6 is 11.8 Å². The summed E-state index contributed by atoms with van der Waals surface area (Å²) in [6, 6.07) is 1.68. The van der Waals surface area contributed by atoms with Crippen molar-refractivity contribution in [2.45, 2.75) is 25.1 Å². The molecule has 0 spiro atoms. The van der Waals surface area contributed by atoms with Gasteiger partial charge >= 0.3 is 6.18 Å². The summed E-state index contributed by atoms with van der Waals surface area (Å²) >= 11 is 1.86. The van der Waals surface area contributed by atoms with Crippen LogP contribution in [-0.2, 0) is 6.18 Å². The molecule has 1 saturated heterocycles. The van der Waals surface area contributed by atoms with Crippen LogP contribution in [0, 0.1) is 0 Å². The Hall–Kier alpha value is -1.18. The Morgan fingerprint density at radius 2 is 1.84 bits per heavy atom. The van der Waals surface area contributed by atoms with Crippen molar-refractivity contribution in [1.29, 1.82) is 0 Å². The minimum absolute atomic E-state index is 0.162. The average molecular weight is 292 g/mol. The molecule has 2 rings (SSSR count). The molecule has 1 aromatic heterocycles. The quantitative estimate of drug-likeness (QED) is 0.897. The van der Waals surface area contributed by atoms with Crippen molar-refractivity contribution in [3.8, 4) is 0 Å². The van der Waals surface area contributed by atoms with Gasteiger partial charge in [-0.1, -0.05) is 0 Å². The van der Waals surface area contributed by atoms with Crippen molar-refractivity contribution in [2.75, 3.05) is 29.2 Å². The van der Waals surface area contributed by atoms with E-state index >= 15 is 0 Å². The number of alkyl halides is 3. The number of hydrogen-bond acceptors (Lipinski definition) is 5. The van der Waals surface area contributed by atoms with E-state index in [-0.39, 0.29) is 17.7 Å². The lowest BCUT2D eigenvalue weighted by molar-refractivity contribution is -0.144. The molecule has 8 heteroatoms. The van der Waals surface area contributed by atoms with Crippen molar-refractivity contribution in [2.24, 2.45) is 0 Å². The summed E-state index contributed by atoms with van der Waals surface area (Å²) in [6.45, 7) is 0. The maximum atomic E-state index is 12.7. The SMILES string of the molecule is CNc1cc(NC2CCSCC2)nc(C(F)(F)F)n1. The highest BCUT2D eigenvalue weighted by molar-refractivity contribution is 7.99. The summed E-state index contributed by atoms with van der Waals surface area (Å²) in [6.07, 6.45) is -2.67. The zero-order valence-electron chi connectivity index (χ0n) is 10.4. The smallest absolute Gasteiger partial charge is 0.373 e. The van der Waals surface area contributed by atoms with Gasteiger partial charge in [0.05, 0.1) is 0 Å². The third kappa shape index (κ3) is 3.89. The van der Waals surface area contributed by atoms with Crippen LogP contribution in [-0.4, -0.2) is 34.6 Å². The van der Waals surface area contributed by atoms with Crippen LogP contribution in [0.3, 0.4) is 0 Å². The first-order chi connectivity index (χ1) is 8.99. The normalized spacial score (nSPS) is 17.3. The summed E-state index contributed by atoms with van der Waals surface area (Å²) in [7, 11) is 1.53. The van der Waals surface area contributed by atoms with Gasteiger partial charge < -0.3 is 10.6 Å². The van der Waals surface area contributed by atoms with E-state index in [2.05, 4.69) is 20.6 Å². The molecule has 2 heterocycles. The van der Waals surface area contributed by atoms with E-state index in [1.807, 2.05) is 11.8 Å². The molecule has 0 aliphatic carbocycles. The van der Waals surface area contributed by atoms with E-state index < -0.39 is 12.0 Å². The largest absolute Gasteiger partial charge is 0.451 e. The number of thioether (sulfide) groups is 1. The second kappa shape index (κ2) is 5.85. The fraction of sp³-hybridized carbons (Fsp3) is 0.636. The van der Waals surface area contributed by atoms with Crippen molar-refractivity contribution >= 4 is 23.4 Å². The highest BCUT2D eigenvalue weighted by atomic mass is 32.2. The molecule has 106 valence electrons. The predicted molar refractivity (Wildman–Crippen MR) is 70.6 cm³/mol. The van der Waals surface area contributed by atoms with Crippen LogP contribution in [0.15, 0.2) is 6.07 Å². The molecule has 0 atom stereocenters. The van der Waals surface area contributed by atoms with Gasteiger partial charge in [-0.3, -0.25) is 0 Å². The minimum atomic E-state index is -4.54. The molecule has 0 bridgehead atoms. The third-order valence-electron chi connectivity index (χ3n) is 2.81. The van der Waals surface area contributed by atoms with Crippen LogP contribution in [0.25, 0.3) is 0 Å². The zero-order valence-corrected chi connectivity index (χ0v) is 11.2. The molecule has 1 aliphatic rings. The van der Waals surface area contributed by atoms with Gasteiger partial charge in [-0.2, -0.15) is 24.9 Å². The van der Waals surface area contributed by atoms with Crippen LogP contribution in [0.2, 0.25) is 0 Å². The van der Waals surface area contributed by atoms with E-state index in [9.17, 15) is 13.2 Å². The van der Waals surface area contributed by atoms with E-state index in [0.717, 1.165) is 24.3 Å². The van der Waals surface area contributed by atoms with Gasteiger partial charge in [0, 0.05) is 19.2 Å². The fourth-order valence-electron chi connectivity index (χ4n) is 1.83. The molecule has 4 nitrogen and oxygen atoms in total. The average Bonchev–Trinajstić information content (AvgIpc) is 2.38. The lowest BCUT2D eigenvalue weighted by atomic mass is 10.1. The Kier molecular flexibility index (Phi) is 4.38. The molecule has 0 aromatic carbocycles. The van der Waals surface area contributed by atoms with Crippen LogP contribution in [0.1, 0.15) is 18.7 Å². The van der Waals surface area contributed by atoms with Crippen LogP contribution in [0.4, 0.5) is 24.8 Å².